The summed E-state index contributed by atoms with van der Waals surface area (Å²) in [6.45, 7) is 1.35. The topological polar surface area (TPSA) is 120 Å². The van der Waals surface area contributed by atoms with Gasteiger partial charge in [0.25, 0.3) is 5.91 Å². The van der Waals surface area contributed by atoms with Gasteiger partial charge in [0.1, 0.15) is 0 Å². The fourth-order valence-corrected chi connectivity index (χ4v) is 5.41. The van der Waals surface area contributed by atoms with Crippen molar-refractivity contribution in [3.8, 4) is 12.3 Å². The van der Waals surface area contributed by atoms with Crippen molar-refractivity contribution in [1.82, 2.24) is 20.1 Å². The molecule has 9 nitrogen and oxygen atoms in total. The number of fused-ring (bicyclic) bond motifs is 1. The van der Waals surface area contributed by atoms with Crippen molar-refractivity contribution in [2.45, 2.75) is 38.1 Å². The van der Waals surface area contributed by atoms with Gasteiger partial charge in [-0.25, -0.2) is 22.9 Å². The molecular weight excluding hydrogens is 408 g/mol. The summed E-state index contributed by atoms with van der Waals surface area (Å²) >= 11 is 0. The summed E-state index contributed by atoms with van der Waals surface area (Å²) < 4.78 is 30.7. The van der Waals surface area contributed by atoms with Gasteiger partial charge < -0.3 is 10.1 Å². The van der Waals surface area contributed by atoms with Gasteiger partial charge in [-0.15, -0.1) is 6.42 Å². The predicted octanol–water partition coefficient (Wildman–Crippen LogP) is 0.883. The number of sulfone groups is 1. The Hall–Kier alpha value is -2.93. The SMILES string of the molecule is C#CCNC(=O)COC(=O)c1cc(C2CC2)nc2c1c(C)nn2C1CCS(=O)(=O)C1. The largest absolute Gasteiger partial charge is 0.452 e. The quantitative estimate of drug-likeness (QED) is 0.534. The van der Waals surface area contributed by atoms with Gasteiger partial charge in [0, 0.05) is 11.6 Å². The molecule has 1 unspecified atom stereocenters. The first kappa shape index (κ1) is 20.3. The van der Waals surface area contributed by atoms with E-state index in [-0.39, 0.29) is 35.6 Å². The first-order valence-corrected chi connectivity index (χ1v) is 11.6. The third-order valence-electron chi connectivity index (χ3n) is 5.35. The number of carbonyl (C=O) groups excluding carboxylic acids is 2. The molecule has 0 spiro atoms. The Morgan fingerprint density at radius 3 is 2.77 bits per heavy atom. The molecule has 0 bridgehead atoms. The predicted molar refractivity (Wildman–Crippen MR) is 109 cm³/mol. The number of nitrogens with one attached hydrogen (secondary N) is 1. The summed E-state index contributed by atoms with van der Waals surface area (Å²) in [4.78, 5) is 29.3. The van der Waals surface area contributed by atoms with Crippen LogP contribution < -0.4 is 5.32 Å². The molecule has 0 aromatic carbocycles. The molecule has 10 heteroatoms. The fourth-order valence-electron chi connectivity index (χ4n) is 3.71. The van der Waals surface area contributed by atoms with Crippen LogP contribution in [-0.2, 0) is 19.4 Å². The number of ether oxygens (including phenoxy) is 1. The van der Waals surface area contributed by atoms with E-state index in [0.717, 1.165) is 18.5 Å². The van der Waals surface area contributed by atoms with Crippen molar-refractivity contribution in [3.05, 3.63) is 23.0 Å². The minimum Gasteiger partial charge on any atom is -0.452 e. The highest BCUT2D eigenvalue weighted by Crippen LogP contribution is 2.41. The molecule has 1 saturated heterocycles. The lowest BCUT2D eigenvalue weighted by atomic mass is 10.1. The summed E-state index contributed by atoms with van der Waals surface area (Å²) in [5, 5.41) is 7.48. The lowest BCUT2D eigenvalue weighted by Gasteiger charge is -2.11. The van der Waals surface area contributed by atoms with Gasteiger partial charge in [-0.05, 0) is 32.3 Å². The standard InChI is InChI=1S/C20H22N4O5S/c1-3-7-21-17(25)10-29-20(26)15-9-16(13-4-5-13)22-19-18(15)12(2)23-24(19)14-6-8-30(27,28)11-14/h1,9,13-14H,4-8,10-11H2,2H3,(H,21,25). The molecule has 3 heterocycles. The Labute approximate surface area is 174 Å². The van der Waals surface area contributed by atoms with E-state index in [9.17, 15) is 18.0 Å². The van der Waals surface area contributed by atoms with E-state index in [0.29, 0.717) is 23.1 Å². The summed E-state index contributed by atoms with van der Waals surface area (Å²) in [5.41, 5.74) is 2.10. The van der Waals surface area contributed by atoms with Gasteiger partial charge >= 0.3 is 5.97 Å². The fraction of sp³-hybridized carbons (Fsp3) is 0.500. The molecule has 1 aliphatic carbocycles. The number of hydrogen-bond acceptors (Lipinski definition) is 7. The van der Waals surface area contributed by atoms with Crippen LogP contribution in [-0.4, -0.2) is 59.7 Å². The van der Waals surface area contributed by atoms with E-state index in [4.69, 9.17) is 16.1 Å². The lowest BCUT2D eigenvalue weighted by Crippen LogP contribution is -2.29. The Balaban J connectivity index is 1.70. The monoisotopic (exact) mass is 430 g/mol. The van der Waals surface area contributed by atoms with Gasteiger partial charge in [-0.2, -0.15) is 5.10 Å². The molecule has 1 saturated carbocycles. The number of aryl methyl sites for hydroxylation is 1. The van der Waals surface area contributed by atoms with Crippen molar-refractivity contribution in [3.63, 3.8) is 0 Å². The Morgan fingerprint density at radius 2 is 2.13 bits per heavy atom. The van der Waals surface area contributed by atoms with Crippen molar-refractivity contribution in [2.24, 2.45) is 0 Å². The number of rotatable bonds is 6. The van der Waals surface area contributed by atoms with Crippen molar-refractivity contribution >= 4 is 32.7 Å². The van der Waals surface area contributed by atoms with Crippen LogP contribution in [0.4, 0.5) is 0 Å². The van der Waals surface area contributed by atoms with Crippen molar-refractivity contribution < 1.29 is 22.7 Å². The lowest BCUT2D eigenvalue weighted by molar-refractivity contribution is -0.123. The zero-order valence-corrected chi connectivity index (χ0v) is 17.4. The van der Waals surface area contributed by atoms with Crippen LogP contribution in [0.15, 0.2) is 6.07 Å². The minimum absolute atomic E-state index is 0.00762. The Kier molecular flexibility index (Phi) is 5.24. The van der Waals surface area contributed by atoms with E-state index < -0.39 is 28.3 Å². The minimum atomic E-state index is -3.11. The number of pyridine rings is 1. The molecule has 2 fully saturated rings. The molecule has 30 heavy (non-hydrogen) atoms. The molecular formula is C20H22N4O5S. The van der Waals surface area contributed by atoms with Crippen LogP contribution in [0.3, 0.4) is 0 Å². The van der Waals surface area contributed by atoms with Crippen LogP contribution in [0.5, 0.6) is 0 Å². The third kappa shape index (κ3) is 4.03. The second-order valence-electron chi connectivity index (χ2n) is 7.71. The second-order valence-corrected chi connectivity index (χ2v) is 9.94. The van der Waals surface area contributed by atoms with Gasteiger partial charge in [0.05, 0.1) is 40.7 Å². The summed E-state index contributed by atoms with van der Waals surface area (Å²) in [5.74, 6) is 1.52. The van der Waals surface area contributed by atoms with Crippen LogP contribution in [0.2, 0.25) is 0 Å². The summed E-state index contributed by atoms with van der Waals surface area (Å²) in [7, 11) is -3.11. The molecule has 2 aromatic heterocycles. The van der Waals surface area contributed by atoms with Crippen LogP contribution in [0.25, 0.3) is 11.0 Å². The number of hydrogen-bond donors (Lipinski definition) is 1. The second kappa shape index (κ2) is 7.72. The maximum atomic E-state index is 12.8. The first-order valence-electron chi connectivity index (χ1n) is 9.76. The summed E-state index contributed by atoms with van der Waals surface area (Å²) in [6, 6.07) is 1.39. The maximum absolute atomic E-state index is 12.8. The maximum Gasteiger partial charge on any atom is 0.339 e. The average molecular weight is 430 g/mol. The molecule has 1 N–H and O–H groups in total. The van der Waals surface area contributed by atoms with E-state index in [1.165, 1.54) is 0 Å². The molecule has 1 aliphatic heterocycles. The van der Waals surface area contributed by atoms with E-state index in [1.54, 1.807) is 17.7 Å². The van der Waals surface area contributed by atoms with Crippen LogP contribution >= 0.6 is 0 Å². The number of terminal acetylenes is 1. The highest BCUT2D eigenvalue weighted by molar-refractivity contribution is 7.91. The molecule has 158 valence electrons. The van der Waals surface area contributed by atoms with Crippen molar-refractivity contribution in [2.75, 3.05) is 24.7 Å². The van der Waals surface area contributed by atoms with Gasteiger partial charge in [0.15, 0.2) is 22.1 Å². The third-order valence-corrected chi connectivity index (χ3v) is 7.10. The van der Waals surface area contributed by atoms with Gasteiger partial charge in [0.2, 0.25) is 0 Å². The number of amides is 1. The molecule has 1 amide bonds. The zero-order valence-electron chi connectivity index (χ0n) is 16.6. The highest BCUT2D eigenvalue weighted by atomic mass is 32.2. The molecule has 1 atom stereocenters. The average Bonchev–Trinajstić information content (AvgIpc) is 3.43. The summed E-state index contributed by atoms with van der Waals surface area (Å²) in [6.07, 6.45) is 7.52. The zero-order chi connectivity index (χ0) is 21.5. The Bertz CT molecular complexity index is 1170. The first-order chi connectivity index (χ1) is 14.3. The van der Waals surface area contributed by atoms with E-state index in [2.05, 4.69) is 16.3 Å². The van der Waals surface area contributed by atoms with E-state index >= 15 is 0 Å². The smallest absolute Gasteiger partial charge is 0.339 e. The van der Waals surface area contributed by atoms with Crippen LogP contribution in [0, 0.1) is 19.3 Å². The number of aromatic nitrogens is 3. The normalized spacial score (nSPS) is 20.1. The molecule has 0 radical (unpaired) electrons. The van der Waals surface area contributed by atoms with Gasteiger partial charge in [-0.3, -0.25) is 4.79 Å². The van der Waals surface area contributed by atoms with Crippen molar-refractivity contribution in [1.29, 1.82) is 0 Å². The Morgan fingerprint density at radius 1 is 1.37 bits per heavy atom. The number of esters is 1. The molecule has 2 aliphatic rings. The number of carbonyl (C=O) groups is 2. The molecule has 2 aromatic rings. The highest BCUT2D eigenvalue weighted by Gasteiger charge is 2.34. The van der Waals surface area contributed by atoms with E-state index in [1.807, 2.05) is 0 Å². The molecule has 4 rings (SSSR count). The van der Waals surface area contributed by atoms with Crippen LogP contribution in [0.1, 0.15) is 53.0 Å². The van der Waals surface area contributed by atoms with Gasteiger partial charge in [-0.1, -0.05) is 5.92 Å². The number of nitrogens with zero attached hydrogens (tertiary/aromatic N) is 3.